The van der Waals surface area contributed by atoms with E-state index in [2.05, 4.69) is 9.46 Å². The molecule has 0 atom stereocenters. The number of esters is 1. The molecule has 0 aromatic heterocycles. The number of ether oxygens (including phenoxy) is 1. The molecule has 0 radical (unpaired) electrons. The minimum atomic E-state index is -3.80. The molecule has 1 aromatic rings. The third-order valence-electron chi connectivity index (χ3n) is 2.12. The Bertz CT molecular complexity index is 603. The highest BCUT2D eigenvalue weighted by molar-refractivity contribution is 7.89. The van der Waals surface area contributed by atoms with Crippen LogP contribution in [-0.2, 0) is 24.3 Å². The average molecular weight is 321 g/mol. The first-order valence-corrected chi connectivity index (χ1v) is 7.37. The number of rotatable bonds is 7. The fourth-order valence-corrected chi connectivity index (χ4v) is 2.80. The van der Waals surface area contributed by atoms with Gasteiger partial charge in [0.1, 0.15) is 4.90 Å². The van der Waals surface area contributed by atoms with Gasteiger partial charge in [0.25, 0.3) is 5.91 Å². The van der Waals surface area contributed by atoms with Crippen molar-refractivity contribution in [3.63, 3.8) is 0 Å². The maximum absolute atomic E-state index is 11.9. The van der Waals surface area contributed by atoms with Crippen molar-refractivity contribution >= 4 is 33.5 Å². The van der Waals surface area contributed by atoms with Gasteiger partial charge in [-0.3, -0.25) is 9.59 Å². The SMILES string of the molecule is NC(=O)COC(=O)CCNS(=O)(=O)c1ccccc1Cl. The lowest BCUT2D eigenvalue weighted by Gasteiger charge is -2.07. The zero-order chi connectivity index (χ0) is 15.2. The largest absolute Gasteiger partial charge is 0.456 e. The van der Waals surface area contributed by atoms with Crippen molar-refractivity contribution in [1.29, 1.82) is 0 Å². The van der Waals surface area contributed by atoms with Crippen LogP contribution < -0.4 is 10.5 Å². The van der Waals surface area contributed by atoms with Gasteiger partial charge in [-0.1, -0.05) is 23.7 Å². The van der Waals surface area contributed by atoms with E-state index < -0.39 is 28.5 Å². The van der Waals surface area contributed by atoms with Crippen molar-refractivity contribution in [2.45, 2.75) is 11.3 Å². The number of halogens is 1. The van der Waals surface area contributed by atoms with Crippen LogP contribution in [0.1, 0.15) is 6.42 Å². The van der Waals surface area contributed by atoms with E-state index in [0.717, 1.165) is 0 Å². The predicted molar refractivity (Wildman–Crippen MR) is 71.4 cm³/mol. The summed E-state index contributed by atoms with van der Waals surface area (Å²) in [6.07, 6.45) is -0.225. The molecule has 0 fully saturated rings. The number of amides is 1. The number of sulfonamides is 1. The Balaban J connectivity index is 2.51. The average Bonchev–Trinajstić information content (AvgIpc) is 2.36. The fourth-order valence-electron chi connectivity index (χ4n) is 1.25. The number of nitrogens with one attached hydrogen (secondary N) is 1. The molecule has 0 aliphatic carbocycles. The summed E-state index contributed by atoms with van der Waals surface area (Å²) in [5.74, 6) is -1.51. The van der Waals surface area contributed by atoms with Crippen LogP contribution in [0.15, 0.2) is 29.2 Å². The van der Waals surface area contributed by atoms with Gasteiger partial charge in [0.2, 0.25) is 10.0 Å². The molecule has 0 saturated heterocycles. The van der Waals surface area contributed by atoms with Crippen LogP contribution >= 0.6 is 11.6 Å². The van der Waals surface area contributed by atoms with E-state index in [9.17, 15) is 18.0 Å². The molecular formula is C11H13ClN2O5S. The Kier molecular flexibility index (Phi) is 5.93. The fraction of sp³-hybridized carbons (Fsp3) is 0.273. The Morgan fingerprint density at radius 2 is 1.95 bits per heavy atom. The van der Waals surface area contributed by atoms with E-state index in [1.165, 1.54) is 18.2 Å². The summed E-state index contributed by atoms with van der Waals surface area (Å²) in [7, 11) is -3.80. The molecule has 0 aliphatic heterocycles. The van der Waals surface area contributed by atoms with Gasteiger partial charge >= 0.3 is 5.97 Å². The van der Waals surface area contributed by atoms with Crippen LogP contribution in [0.2, 0.25) is 5.02 Å². The van der Waals surface area contributed by atoms with Crippen LogP contribution in [0.4, 0.5) is 0 Å². The molecule has 0 heterocycles. The van der Waals surface area contributed by atoms with Gasteiger partial charge in [-0.15, -0.1) is 0 Å². The number of hydrogen-bond acceptors (Lipinski definition) is 5. The van der Waals surface area contributed by atoms with Gasteiger partial charge in [-0.2, -0.15) is 0 Å². The summed E-state index contributed by atoms with van der Waals surface area (Å²) in [4.78, 5) is 21.4. The van der Waals surface area contributed by atoms with Crippen LogP contribution in [0, 0.1) is 0 Å². The molecule has 9 heteroatoms. The van der Waals surface area contributed by atoms with Crippen molar-refractivity contribution in [2.24, 2.45) is 5.73 Å². The Labute approximate surface area is 121 Å². The number of carbonyl (C=O) groups excluding carboxylic acids is 2. The van der Waals surface area contributed by atoms with Crippen LogP contribution in [-0.4, -0.2) is 33.4 Å². The summed E-state index contributed by atoms with van der Waals surface area (Å²) in [5.41, 5.74) is 4.79. The number of hydrogen-bond donors (Lipinski definition) is 2. The van der Waals surface area contributed by atoms with Crippen molar-refractivity contribution in [3.8, 4) is 0 Å². The minimum Gasteiger partial charge on any atom is -0.456 e. The standard InChI is InChI=1S/C11H13ClN2O5S/c12-8-3-1-2-4-9(8)20(17,18)14-6-5-11(16)19-7-10(13)15/h1-4,14H,5-7H2,(H2,13,15). The lowest BCUT2D eigenvalue weighted by Crippen LogP contribution is -2.28. The number of primary amides is 1. The highest BCUT2D eigenvalue weighted by Crippen LogP contribution is 2.19. The van der Waals surface area contributed by atoms with Gasteiger partial charge in [0.15, 0.2) is 6.61 Å². The Hall–Kier alpha value is -1.64. The summed E-state index contributed by atoms with van der Waals surface area (Å²) < 4.78 is 30.4. The van der Waals surface area contributed by atoms with Gasteiger partial charge in [-0.05, 0) is 12.1 Å². The molecule has 1 amide bonds. The van der Waals surface area contributed by atoms with E-state index in [1.807, 2.05) is 0 Å². The van der Waals surface area contributed by atoms with Crippen molar-refractivity contribution in [1.82, 2.24) is 4.72 Å². The predicted octanol–water partition coefficient (Wildman–Crippen LogP) is 0.0369. The number of carbonyl (C=O) groups is 2. The number of nitrogens with two attached hydrogens (primary N) is 1. The van der Waals surface area contributed by atoms with E-state index in [0.29, 0.717) is 0 Å². The normalized spacial score (nSPS) is 11.1. The second-order valence-electron chi connectivity index (χ2n) is 3.71. The molecular weight excluding hydrogens is 308 g/mol. The summed E-state index contributed by atoms with van der Waals surface area (Å²) in [6, 6.07) is 5.91. The first-order chi connectivity index (χ1) is 9.33. The molecule has 0 saturated carbocycles. The van der Waals surface area contributed by atoms with Gasteiger partial charge in [0.05, 0.1) is 11.4 Å². The smallest absolute Gasteiger partial charge is 0.307 e. The zero-order valence-electron chi connectivity index (χ0n) is 10.3. The molecule has 0 aliphatic rings. The maximum atomic E-state index is 11.9. The first kappa shape index (κ1) is 16.4. The van der Waals surface area contributed by atoms with Gasteiger partial charge in [0, 0.05) is 6.54 Å². The lowest BCUT2D eigenvalue weighted by atomic mass is 10.4. The molecule has 0 bridgehead atoms. The third-order valence-corrected chi connectivity index (χ3v) is 4.08. The van der Waals surface area contributed by atoms with Gasteiger partial charge in [-0.25, -0.2) is 13.1 Å². The Morgan fingerprint density at radius 1 is 1.30 bits per heavy atom. The van der Waals surface area contributed by atoms with Crippen molar-refractivity contribution < 1.29 is 22.7 Å². The Morgan fingerprint density at radius 3 is 2.55 bits per heavy atom. The van der Waals surface area contributed by atoms with E-state index in [4.69, 9.17) is 17.3 Å². The maximum Gasteiger partial charge on any atom is 0.307 e. The van der Waals surface area contributed by atoms with Gasteiger partial charge < -0.3 is 10.5 Å². The van der Waals surface area contributed by atoms with Crippen LogP contribution in [0.5, 0.6) is 0 Å². The summed E-state index contributed by atoms with van der Waals surface area (Å²) in [5, 5.41) is 0.0799. The summed E-state index contributed by atoms with van der Waals surface area (Å²) >= 11 is 5.77. The molecule has 20 heavy (non-hydrogen) atoms. The molecule has 7 nitrogen and oxygen atoms in total. The topological polar surface area (TPSA) is 116 Å². The monoisotopic (exact) mass is 320 g/mol. The van der Waals surface area contributed by atoms with E-state index >= 15 is 0 Å². The zero-order valence-corrected chi connectivity index (χ0v) is 11.9. The molecule has 110 valence electrons. The quantitative estimate of drug-likeness (QED) is 0.688. The molecule has 3 N–H and O–H groups in total. The summed E-state index contributed by atoms with van der Waals surface area (Å²) in [6.45, 7) is -0.707. The third kappa shape index (κ3) is 5.16. The van der Waals surface area contributed by atoms with Crippen molar-refractivity contribution in [3.05, 3.63) is 29.3 Å². The highest BCUT2D eigenvalue weighted by Gasteiger charge is 2.17. The second kappa shape index (κ2) is 7.22. The highest BCUT2D eigenvalue weighted by atomic mass is 35.5. The second-order valence-corrected chi connectivity index (χ2v) is 5.85. The molecule has 0 spiro atoms. The first-order valence-electron chi connectivity index (χ1n) is 5.51. The molecule has 0 unspecified atom stereocenters. The van der Waals surface area contributed by atoms with Crippen molar-refractivity contribution in [2.75, 3.05) is 13.2 Å². The van der Waals surface area contributed by atoms with E-state index in [1.54, 1.807) is 6.07 Å². The number of benzene rings is 1. The molecule has 1 aromatic carbocycles. The lowest BCUT2D eigenvalue weighted by molar-refractivity contribution is -0.147. The van der Waals surface area contributed by atoms with Crippen LogP contribution in [0.3, 0.4) is 0 Å². The minimum absolute atomic E-state index is 0.0767. The van der Waals surface area contributed by atoms with E-state index in [-0.39, 0.29) is 22.9 Å². The van der Waals surface area contributed by atoms with Crippen LogP contribution in [0.25, 0.3) is 0 Å². The molecule has 1 rings (SSSR count).